The smallest absolute Gasteiger partial charge is 0.252 e. The van der Waals surface area contributed by atoms with E-state index in [4.69, 9.17) is 0 Å². The maximum atomic E-state index is 12.6. The predicted octanol–water partition coefficient (Wildman–Crippen LogP) is 3.02. The van der Waals surface area contributed by atoms with E-state index >= 15 is 0 Å². The average molecular weight is 278 g/mol. The van der Waals surface area contributed by atoms with Crippen LogP contribution >= 0.6 is 0 Å². The first-order valence-electron chi connectivity index (χ1n) is 6.68. The molecule has 4 heteroatoms. The van der Waals surface area contributed by atoms with E-state index in [-0.39, 0.29) is 0 Å². The highest BCUT2D eigenvalue weighted by atomic mass is 16.2. The Morgan fingerprint density at radius 3 is 2.33 bits per heavy atom. The Labute approximate surface area is 122 Å². The molecule has 104 valence electrons. The summed E-state index contributed by atoms with van der Waals surface area (Å²) in [5.41, 5.74) is 2.86. The molecule has 0 aliphatic rings. The number of imidazole rings is 1. The van der Waals surface area contributed by atoms with Crippen molar-refractivity contribution in [3.8, 4) is 0 Å². The Balaban J connectivity index is 2.15. The van der Waals surface area contributed by atoms with Gasteiger partial charge in [-0.05, 0) is 26.0 Å². The third-order valence-electron chi connectivity index (χ3n) is 3.47. The number of nitrogens with zero attached hydrogens (tertiary/aromatic N) is 2. The molecule has 0 fully saturated rings. The topological polar surface area (TPSA) is 51.4 Å². The molecular formula is C17H14N2O2. The van der Waals surface area contributed by atoms with E-state index in [1.807, 2.05) is 31.2 Å². The van der Waals surface area contributed by atoms with Gasteiger partial charge in [0.05, 0.1) is 5.69 Å². The average Bonchev–Trinajstić information content (AvgIpc) is 2.84. The lowest BCUT2D eigenvalue weighted by molar-refractivity contribution is 0.0813. The molecule has 0 bridgehead atoms. The number of hydrogen-bond acceptors (Lipinski definition) is 3. The number of fused-ring (bicyclic) bond motifs is 1. The van der Waals surface area contributed by atoms with Crippen molar-refractivity contribution in [2.75, 3.05) is 0 Å². The third-order valence-corrected chi connectivity index (χ3v) is 3.47. The maximum absolute atomic E-state index is 12.6. The number of aryl methyl sites for hydroxylation is 2. The zero-order valence-electron chi connectivity index (χ0n) is 11.8. The molecule has 0 saturated heterocycles. The van der Waals surface area contributed by atoms with Crippen LogP contribution in [0.2, 0.25) is 0 Å². The lowest BCUT2D eigenvalue weighted by atomic mass is 10.0. The normalized spacial score (nSPS) is 10.8. The zero-order valence-corrected chi connectivity index (χ0v) is 11.8. The molecule has 0 aliphatic carbocycles. The van der Waals surface area contributed by atoms with Crippen molar-refractivity contribution in [2.45, 2.75) is 13.8 Å². The standard InChI is InChI=1S/C17H14N2O2/c1-11-7-6-10-14-18-12(2)15(19(11)14)17(21)16(20)13-8-4-3-5-9-13/h3-10H,1-2H3. The summed E-state index contributed by atoms with van der Waals surface area (Å²) in [7, 11) is 0. The van der Waals surface area contributed by atoms with Crippen molar-refractivity contribution in [1.29, 1.82) is 0 Å². The Bertz CT molecular complexity index is 848. The largest absolute Gasteiger partial charge is 0.294 e. The molecule has 0 N–H and O–H groups in total. The summed E-state index contributed by atoms with van der Waals surface area (Å²) in [6, 6.07) is 14.2. The highest BCUT2D eigenvalue weighted by Gasteiger charge is 2.24. The molecular weight excluding hydrogens is 264 g/mol. The van der Waals surface area contributed by atoms with Crippen LogP contribution in [0.15, 0.2) is 48.5 Å². The van der Waals surface area contributed by atoms with E-state index in [1.165, 1.54) is 0 Å². The Hall–Kier alpha value is -2.75. The van der Waals surface area contributed by atoms with Gasteiger partial charge in [0.25, 0.3) is 5.78 Å². The fourth-order valence-electron chi connectivity index (χ4n) is 2.46. The number of aromatic nitrogens is 2. The summed E-state index contributed by atoms with van der Waals surface area (Å²) in [6.45, 7) is 3.63. The summed E-state index contributed by atoms with van der Waals surface area (Å²) in [5, 5.41) is 0. The lowest BCUT2D eigenvalue weighted by Gasteiger charge is -2.05. The minimum absolute atomic E-state index is 0.344. The van der Waals surface area contributed by atoms with Crippen LogP contribution in [-0.4, -0.2) is 21.0 Å². The van der Waals surface area contributed by atoms with Gasteiger partial charge in [0.15, 0.2) is 0 Å². The van der Waals surface area contributed by atoms with Gasteiger partial charge < -0.3 is 0 Å². The summed E-state index contributed by atoms with van der Waals surface area (Å²) in [4.78, 5) is 29.3. The molecule has 3 rings (SSSR count). The molecule has 0 atom stereocenters. The SMILES string of the molecule is Cc1nc2cccc(C)n2c1C(=O)C(=O)c1ccccc1. The number of hydrogen-bond donors (Lipinski definition) is 0. The number of Topliss-reactive ketones (excluding diaryl/α,β-unsaturated/α-hetero) is 2. The molecule has 0 amide bonds. The van der Waals surface area contributed by atoms with Gasteiger partial charge in [0, 0.05) is 11.3 Å². The molecule has 0 unspecified atom stereocenters. The number of rotatable bonds is 3. The molecule has 2 aromatic heterocycles. The van der Waals surface area contributed by atoms with Crippen molar-refractivity contribution in [1.82, 2.24) is 9.38 Å². The van der Waals surface area contributed by atoms with E-state index in [0.717, 1.165) is 5.69 Å². The van der Waals surface area contributed by atoms with Gasteiger partial charge in [-0.15, -0.1) is 0 Å². The van der Waals surface area contributed by atoms with Crippen LogP contribution in [0, 0.1) is 13.8 Å². The Morgan fingerprint density at radius 1 is 0.905 bits per heavy atom. The Morgan fingerprint density at radius 2 is 1.62 bits per heavy atom. The lowest BCUT2D eigenvalue weighted by Crippen LogP contribution is -2.18. The first-order valence-corrected chi connectivity index (χ1v) is 6.68. The molecule has 21 heavy (non-hydrogen) atoms. The summed E-state index contributed by atoms with van der Waals surface area (Å²) in [5.74, 6) is -1.04. The van der Waals surface area contributed by atoms with Gasteiger partial charge in [-0.3, -0.25) is 14.0 Å². The number of pyridine rings is 1. The number of benzene rings is 1. The van der Waals surface area contributed by atoms with E-state index in [9.17, 15) is 9.59 Å². The van der Waals surface area contributed by atoms with Crippen LogP contribution in [0.25, 0.3) is 5.65 Å². The zero-order chi connectivity index (χ0) is 15.0. The number of ketones is 2. The highest BCUT2D eigenvalue weighted by Crippen LogP contribution is 2.17. The van der Waals surface area contributed by atoms with E-state index in [1.54, 1.807) is 35.6 Å². The minimum atomic E-state index is -0.527. The Kier molecular flexibility index (Phi) is 3.14. The summed E-state index contributed by atoms with van der Waals surface area (Å²) in [6.07, 6.45) is 0. The van der Waals surface area contributed by atoms with Gasteiger partial charge in [-0.2, -0.15) is 0 Å². The quantitative estimate of drug-likeness (QED) is 0.546. The predicted molar refractivity (Wildman–Crippen MR) is 79.8 cm³/mol. The third kappa shape index (κ3) is 2.14. The molecule has 4 nitrogen and oxygen atoms in total. The van der Waals surface area contributed by atoms with Crippen molar-refractivity contribution in [3.05, 3.63) is 71.2 Å². The van der Waals surface area contributed by atoms with Gasteiger partial charge in [-0.25, -0.2) is 4.98 Å². The molecule has 1 aromatic carbocycles. The summed E-state index contributed by atoms with van der Waals surface area (Å²) >= 11 is 0. The molecule has 0 radical (unpaired) electrons. The fraction of sp³-hybridized carbons (Fsp3) is 0.118. The van der Waals surface area contributed by atoms with Crippen LogP contribution in [0.4, 0.5) is 0 Å². The van der Waals surface area contributed by atoms with Gasteiger partial charge >= 0.3 is 0 Å². The van der Waals surface area contributed by atoms with Gasteiger partial charge in [0.1, 0.15) is 11.3 Å². The second-order valence-electron chi connectivity index (χ2n) is 4.93. The first kappa shape index (κ1) is 13.2. The van der Waals surface area contributed by atoms with Crippen LogP contribution in [0.1, 0.15) is 32.2 Å². The first-order chi connectivity index (χ1) is 10.1. The number of carbonyl (C=O) groups excluding carboxylic acids is 2. The highest BCUT2D eigenvalue weighted by molar-refractivity contribution is 6.49. The van der Waals surface area contributed by atoms with E-state index < -0.39 is 11.6 Å². The van der Waals surface area contributed by atoms with Crippen molar-refractivity contribution in [3.63, 3.8) is 0 Å². The minimum Gasteiger partial charge on any atom is -0.294 e. The second kappa shape index (κ2) is 4.98. The van der Waals surface area contributed by atoms with Crippen LogP contribution in [0.5, 0.6) is 0 Å². The van der Waals surface area contributed by atoms with Crippen molar-refractivity contribution < 1.29 is 9.59 Å². The monoisotopic (exact) mass is 278 g/mol. The van der Waals surface area contributed by atoms with Crippen LogP contribution in [-0.2, 0) is 0 Å². The molecule has 0 saturated carbocycles. The molecule has 0 aliphatic heterocycles. The molecule has 3 aromatic rings. The molecule has 2 heterocycles. The van der Waals surface area contributed by atoms with Crippen molar-refractivity contribution in [2.24, 2.45) is 0 Å². The van der Waals surface area contributed by atoms with Crippen LogP contribution < -0.4 is 0 Å². The van der Waals surface area contributed by atoms with Crippen LogP contribution in [0.3, 0.4) is 0 Å². The van der Waals surface area contributed by atoms with E-state index in [0.29, 0.717) is 22.6 Å². The maximum Gasteiger partial charge on any atom is 0.252 e. The van der Waals surface area contributed by atoms with Gasteiger partial charge in [0.2, 0.25) is 5.78 Å². The second-order valence-corrected chi connectivity index (χ2v) is 4.93. The molecule has 0 spiro atoms. The van der Waals surface area contributed by atoms with Gasteiger partial charge in [-0.1, -0.05) is 36.4 Å². The number of carbonyl (C=O) groups is 2. The summed E-state index contributed by atoms with van der Waals surface area (Å²) < 4.78 is 1.73. The van der Waals surface area contributed by atoms with E-state index in [2.05, 4.69) is 4.98 Å². The fourth-order valence-corrected chi connectivity index (χ4v) is 2.46. The van der Waals surface area contributed by atoms with Crippen molar-refractivity contribution >= 4 is 17.2 Å².